The Morgan fingerprint density at radius 3 is 2.51 bits per heavy atom. The Morgan fingerprint density at radius 2 is 1.90 bits per heavy atom. The van der Waals surface area contributed by atoms with Crippen LogP contribution in [0.5, 0.6) is 0 Å². The van der Waals surface area contributed by atoms with Gasteiger partial charge >= 0.3 is 5.97 Å². The van der Waals surface area contributed by atoms with Gasteiger partial charge in [0, 0.05) is 24.2 Å². The zero-order chi connectivity index (χ0) is 29.6. The number of hydrogen-bond donors (Lipinski definition) is 2. The van der Waals surface area contributed by atoms with Crippen LogP contribution in [-0.4, -0.2) is 30.1 Å². The maximum Gasteiger partial charge on any atom is 0.338 e. The number of pyridine rings is 1. The standard InChI is InChI=1S/C31H32FN3O5S/c1-3-15-31(16-14-21-8-11-24(32)12-9-21)18-27(36)29(30(37)40-31)26(4-2)23-6-5-7-25(17-23)35-41(38,39)28-13-10-22(19-33)20-34-28/h5-13,17,20,26,35-36H,3-4,14-16,18H2,1-2H3/t26-,31?/m0/s1. The summed E-state index contributed by atoms with van der Waals surface area (Å²) in [6, 6.07) is 17.3. The first-order chi connectivity index (χ1) is 19.6. The molecule has 0 aliphatic carbocycles. The Hall–Kier alpha value is -4.23. The smallest absolute Gasteiger partial charge is 0.338 e. The van der Waals surface area contributed by atoms with E-state index in [1.165, 1.54) is 30.5 Å². The van der Waals surface area contributed by atoms with Gasteiger partial charge in [-0.1, -0.05) is 44.5 Å². The molecule has 1 aromatic heterocycles. The number of aliphatic hydroxyl groups excluding tert-OH is 1. The molecule has 41 heavy (non-hydrogen) atoms. The third-order valence-electron chi connectivity index (χ3n) is 7.26. The van der Waals surface area contributed by atoms with Gasteiger partial charge in [0.25, 0.3) is 10.0 Å². The Bertz CT molecular complexity index is 1580. The number of halogens is 1. The molecule has 2 atom stereocenters. The fraction of sp³-hybridized carbons (Fsp3) is 0.323. The van der Waals surface area contributed by atoms with Crippen molar-refractivity contribution in [2.45, 2.75) is 68.9 Å². The number of benzene rings is 2. The van der Waals surface area contributed by atoms with Gasteiger partial charge in [0.05, 0.1) is 11.1 Å². The normalized spacial score (nSPS) is 18.0. The van der Waals surface area contributed by atoms with Gasteiger partial charge in [-0.2, -0.15) is 13.7 Å². The fourth-order valence-corrected chi connectivity index (χ4v) is 6.25. The molecule has 214 valence electrons. The fourth-order valence-electron chi connectivity index (χ4n) is 5.27. The summed E-state index contributed by atoms with van der Waals surface area (Å²) in [7, 11) is -4.03. The second-order valence-electron chi connectivity index (χ2n) is 10.2. The number of aliphatic hydroxyl groups is 1. The number of cyclic esters (lactones) is 1. The number of hydrogen-bond acceptors (Lipinski definition) is 7. The van der Waals surface area contributed by atoms with Gasteiger partial charge in [-0.25, -0.2) is 14.2 Å². The Labute approximate surface area is 239 Å². The summed E-state index contributed by atoms with van der Waals surface area (Å²) in [5.74, 6) is -1.48. The van der Waals surface area contributed by atoms with Crippen LogP contribution in [0.3, 0.4) is 0 Å². The first-order valence-electron chi connectivity index (χ1n) is 13.5. The molecular formula is C31H32FN3O5S. The van der Waals surface area contributed by atoms with Crippen molar-refractivity contribution in [1.29, 1.82) is 5.26 Å². The maximum atomic E-state index is 13.4. The summed E-state index contributed by atoms with van der Waals surface area (Å²) in [5, 5.41) is 19.9. The van der Waals surface area contributed by atoms with Crippen LogP contribution in [0.25, 0.3) is 0 Å². The molecule has 4 rings (SSSR count). The van der Waals surface area contributed by atoms with Crippen LogP contribution in [0.1, 0.15) is 68.6 Å². The van der Waals surface area contributed by atoms with E-state index in [0.717, 1.165) is 12.0 Å². The van der Waals surface area contributed by atoms with E-state index in [2.05, 4.69) is 9.71 Å². The van der Waals surface area contributed by atoms with Crippen molar-refractivity contribution in [3.05, 3.63) is 101 Å². The number of nitrogens with one attached hydrogen (secondary N) is 1. The number of aromatic nitrogens is 1. The number of aryl methyl sites for hydroxylation is 1. The summed E-state index contributed by atoms with van der Waals surface area (Å²) in [6.45, 7) is 3.86. The van der Waals surface area contributed by atoms with Crippen molar-refractivity contribution in [2.75, 3.05) is 4.72 Å². The summed E-state index contributed by atoms with van der Waals surface area (Å²) >= 11 is 0. The highest BCUT2D eigenvalue weighted by Crippen LogP contribution is 2.42. The average Bonchev–Trinajstić information content (AvgIpc) is 2.95. The summed E-state index contributed by atoms with van der Waals surface area (Å²) < 4.78 is 47.6. The van der Waals surface area contributed by atoms with Gasteiger partial charge in [-0.05, 0) is 73.2 Å². The van der Waals surface area contributed by atoms with E-state index in [-0.39, 0.29) is 39.8 Å². The molecule has 0 amide bonds. The van der Waals surface area contributed by atoms with Crippen LogP contribution in [0.2, 0.25) is 0 Å². The Kier molecular flexibility index (Phi) is 9.08. The van der Waals surface area contributed by atoms with E-state index in [1.54, 1.807) is 36.4 Å². The van der Waals surface area contributed by atoms with Crippen molar-refractivity contribution in [1.82, 2.24) is 4.98 Å². The number of carbonyl (C=O) groups is 1. The maximum absolute atomic E-state index is 13.4. The molecular weight excluding hydrogens is 545 g/mol. The number of anilines is 1. The molecule has 0 fully saturated rings. The van der Waals surface area contributed by atoms with E-state index in [9.17, 15) is 22.7 Å². The minimum atomic E-state index is -4.03. The van der Waals surface area contributed by atoms with E-state index in [0.29, 0.717) is 31.2 Å². The minimum absolute atomic E-state index is 0.0339. The molecule has 0 saturated heterocycles. The average molecular weight is 578 g/mol. The lowest BCUT2D eigenvalue weighted by atomic mass is 9.80. The zero-order valence-electron chi connectivity index (χ0n) is 22.9. The molecule has 1 aliphatic heterocycles. The second-order valence-corrected chi connectivity index (χ2v) is 11.8. The Balaban J connectivity index is 1.57. The summed E-state index contributed by atoms with van der Waals surface area (Å²) in [5.41, 5.74) is 1.33. The number of carbonyl (C=O) groups excluding carboxylic acids is 1. The quantitative estimate of drug-likeness (QED) is 0.255. The first kappa shape index (κ1) is 29.7. The molecule has 1 unspecified atom stereocenters. The molecule has 0 bridgehead atoms. The number of nitrogens with zero attached hydrogens (tertiary/aromatic N) is 2. The zero-order valence-corrected chi connectivity index (χ0v) is 23.7. The van der Waals surface area contributed by atoms with Crippen LogP contribution >= 0.6 is 0 Å². The molecule has 2 N–H and O–H groups in total. The number of esters is 1. The molecule has 3 aromatic rings. The number of rotatable bonds is 11. The van der Waals surface area contributed by atoms with E-state index in [1.807, 2.05) is 19.9 Å². The minimum Gasteiger partial charge on any atom is -0.512 e. The number of sulfonamides is 1. The van der Waals surface area contributed by atoms with Crippen LogP contribution in [0.15, 0.2) is 83.2 Å². The van der Waals surface area contributed by atoms with E-state index < -0.39 is 27.5 Å². The molecule has 10 heteroatoms. The van der Waals surface area contributed by atoms with Gasteiger partial charge in [0.2, 0.25) is 0 Å². The predicted molar refractivity (Wildman–Crippen MR) is 152 cm³/mol. The lowest BCUT2D eigenvalue weighted by Crippen LogP contribution is -2.41. The summed E-state index contributed by atoms with van der Waals surface area (Å²) in [6.07, 6.45) is 4.15. The lowest BCUT2D eigenvalue weighted by molar-refractivity contribution is -0.161. The largest absolute Gasteiger partial charge is 0.512 e. The van der Waals surface area contributed by atoms with Crippen molar-refractivity contribution < 1.29 is 27.4 Å². The van der Waals surface area contributed by atoms with Crippen molar-refractivity contribution in [3.8, 4) is 6.07 Å². The van der Waals surface area contributed by atoms with Crippen LogP contribution < -0.4 is 4.72 Å². The van der Waals surface area contributed by atoms with Gasteiger partial charge in [0.15, 0.2) is 5.03 Å². The summed E-state index contributed by atoms with van der Waals surface area (Å²) in [4.78, 5) is 17.3. The third-order valence-corrected chi connectivity index (χ3v) is 8.55. The molecule has 1 aliphatic rings. The van der Waals surface area contributed by atoms with Gasteiger partial charge < -0.3 is 9.84 Å². The highest BCUT2D eigenvalue weighted by Gasteiger charge is 2.43. The lowest BCUT2D eigenvalue weighted by Gasteiger charge is -2.38. The first-order valence-corrected chi connectivity index (χ1v) is 15.0. The highest BCUT2D eigenvalue weighted by atomic mass is 32.2. The number of ether oxygens (including phenoxy) is 1. The molecule has 0 saturated carbocycles. The van der Waals surface area contributed by atoms with Crippen molar-refractivity contribution in [2.24, 2.45) is 0 Å². The highest BCUT2D eigenvalue weighted by molar-refractivity contribution is 7.92. The van der Waals surface area contributed by atoms with Crippen molar-refractivity contribution >= 4 is 21.7 Å². The van der Waals surface area contributed by atoms with Crippen LogP contribution in [-0.2, 0) is 26.0 Å². The third kappa shape index (κ3) is 6.92. The SMILES string of the molecule is CCCC1(CCc2ccc(F)cc2)CC(O)=C([C@@H](CC)c2cccc(NS(=O)(=O)c3ccc(C#N)cn3)c2)C(=O)O1. The molecule has 0 radical (unpaired) electrons. The molecule has 2 heterocycles. The second kappa shape index (κ2) is 12.5. The van der Waals surface area contributed by atoms with Crippen LogP contribution in [0, 0.1) is 17.1 Å². The van der Waals surface area contributed by atoms with Gasteiger partial charge in [0.1, 0.15) is 23.2 Å². The molecule has 0 spiro atoms. The van der Waals surface area contributed by atoms with Gasteiger partial charge in [-0.3, -0.25) is 4.72 Å². The van der Waals surface area contributed by atoms with Gasteiger partial charge in [-0.15, -0.1) is 0 Å². The molecule has 2 aromatic carbocycles. The Morgan fingerprint density at radius 1 is 1.15 bits per heavy atom. The number of nitriles is 1. The van der Waals surface area contributed by atoms with Crippen molar-refractivity contribution in [3.63, 3.8) is 0 Å². The monoisotopic (exact) mass is 577 g/mol. The topological polar surface area (TPSA) is 129 Å². The van der Waals surface area contributed by atoms with E-state index in [4.69, 9.17) is 10.00 Å². The van der Waals surface area contributed by atoms with E-state index >= 15 is 0 Å². The predicted octanol–water partition coefficient (Wildman–Crippen LogP) is 6.32. The van der Waals surface area contributed by atoms with Crippen LogP contribution in [0.4, 0.5) is 10.1 Å². The molecule has 8 nitrogen and oxygen atoms in total.